The standard InChI is InChI=1S/C19H13F4N5/c1-11-25-15-4-2-3-5-16(15)28(11)18-10-24-9-17(27-18)26-12-6-7-13(14(20)8-12)19(21,22)23/h2-10H,1H3,(H,26,27). The van der Waals surface area contributed by atoms with Gasteiger partial charge in [-0.1, -0.05) is 12.1 Å². The monoisotopic (exact) mass is 387 g/mol. The minimum atomic E-state index is -4.75. The Bertz CT molecular complexity index is 1170. The predicted molar refractivity (Wildman–Crippen MR) is 96.1 cm³/mol. The Morgan fingerprint density at radius 3 is 2.54 bits per heavy atom. The van der Waals surface area contributed by atoms with Gasteiger partial charge in [0.1, 0.15) is 11.6 Å². The van der Waals surface area contributed by atoms with Crippen molar-refractivity contribution in [3.05, 3.63) is 72.1 Å². The molecule has 142 valence electrons. The first-order chi connectivity index (χ1) is 13.3. The van der Waals surface area contributed by atoms with Crippen LogP contribution in [0.4, 0.5) is 29.1 Å². The van der Waals surface area contributed by atoms with E-state index in [9.17, 15) is 17.6 Å². The first-order valence-electron chi connectivity index (χ1n) is 8.23. The number of anilines is 2. The number of fused-ring (bicyclic) bond motifs is 1. The highest BCUT2D eigenvalue weighted by Gasteiger charge is 2.33. The third-order valence-corrected chi connectivity index (χ3v) is 4.13. The van der Waals surface area contributed by atoms with Crippen molar-refractivity contribution in [1.29, 1.82) is 0 Å². The van der Waals surface area contributed by atoms with Crippen molar-refractivity contribution in [3.8, 4) is 5.82 Å². The average molecular weight is 387 g/mol. The van der Waals surface area contributed by atoms with Crippen molar-refractivity contribution >= 4 is 22.5 Å². The van der Waals surface area contributed by atoms with Crippen molar-refractivity contribution in [2.75, 3.05) is 5.32 Å². The summed E-state index contributed by atoms with van der Waals surface area (Å²) < 4.78 is 53.7. The van der Waals surface area contributed by atoms with E-state index in [-0.39, 0.29) is 11.5 Å². The van der Waals surface area contributed by atoms with Gasteiger partial charge in [0.2, 0.25) is 0 Å². The fraction of sp³-hybridized carbons (Fsp3) is 0.105. The minimum absolute atomic E-state index is 0.129. The average Bonchev–Trinajstić information content (AvgIpc) is 2.96. The third-order valence-electron chi connectivity index (χ3n) is 4.13. The molecule has 0 saturated carbocycles. The fourth-order valence-electron chi connectivity index (χ4n) is 2.93. The highest BCUT2D eigenvalue weighted by atomic mass is 19.4. The van der Waals surface area contributed by atoms with Gasteiger partial charge in [-0.15, -0.1) is 0 Å². The maximum atomic E-state index is 13.8. The molecule has 4 rings (SSSR count). The van der Waals surface area contributed by atoms with Crippen LogP contribution in [0.2, 0.25) is 0 Å². The van der Waals surface area contributed by atoms with Crippen molar-refractivity contribution in [1.82, 2.24) is 19.5 Å². The molecule has 0 bridgehead atoms. The van der Waals surface area contributed by atoms with Gasteiger partial charge in [0.25, 0.3) is 0 Å². The zero-order valence-electron chi connectivity index (χ0n) is 14.5. The Morgan fingerprint density at radius 2 is 1.79 bits per heavy atom. The number of hydrogen-bond donors (Lipinski definition) is 1. The molecule has 0 aliphatic rings. The molecule has 2 aromatic heterocycles. The Labute approximate surface area is 156 Å². The van der Waals surface area contributed by atoms with Crippen molar-refractivity contribution in [3.63, 3.8) is 0 Å². The molecule has 4 aromatic rings. The highest BCUT2D eigenvalue weighted by Crippen LogP contribution is 2.32. The van der Waals surface area contributed by atoms with E-state index in [2.05, 4.69) is 20.3 Å². The Kier molecular flexibility index (Phi) is 4.21. The van der Waals surface area contributed by atoms with Crippen LogP contribution in [0.1, 0.15) is 11.4 Å². The Morgan fingerprint density at radius 1 is 1.00 bits per heavy atom. The fourth-order valence-corrected chi connectivity index (χ4v) is 2.93. The van der Waals surface area contributed by atoms with Crippen LogP contribution in [-0.4, -0.2) is 19.5 Å². The molecule has 0 spiro atoms. The van der Waals surface area contributed by atoms with Crippen LogP contribution >= 0.6 is 0 Å². The number of hydrogen-bond acceptors (Lipinski definition) is 4. The molecule has 5 nitrogen and oxygen atoms in total. The van der Waals surface area contributed by atoms with E-state index in [0.717, 1.165) is 23.2 Å². The normalized spacial score (nSPS) is 11.8. The molecular weight excluding hydrogens is 374 g/mol. The summed E-state index contributed by atoms with van der Waals surface area (Å²) in [7, 11) is 0. The molecular formula is C19H13F4N5. The molecule has 0 amide bonds. The van der Waals surface area contributed by atoms with Crippen LogP contribution in [0.3, 0.4) is 0 Å². The SMILES string of the molecule is Cc1nc2ccccc2n1-c1cncc(Nc2ccc(C(F)(F)F)c(F)c2)n1. The van der Waals surface area contributed by atoms with Crippen LogP contribution in [0.15, 0.2) is 54.9 Å². The number of halogens is 4. The second kappa shape index (κ2) is 6.59. The topological polar surface area (TPSA) is 55.6 Å². The van der Waals surface area contributed by atoms with Crippen LogP contribution in [0.25, 0.3) is 16.9 Å². The second-order valence-corrected chi connectivity index (χ2v) is 6.06. The van der Waals surface area contributed by atoms with E-state index in [1.54, 1.807) is 10.8 Å². The number of alkyl halides is 3. The number of aryl methyl sites for hydroxylation is 1. The van der Waals surface area contributed by atoms with E-state index < -0.39 is 17.6 Å². The van der Waals surface area contributed by atoms with E-state index in [4.69, 9.17) is 0 Å². The third kappa shape index (κ3) is 3.26. The lowest BCUT2D eigenvalue weighted by molar-refractivity contribution is -0.139. The van der Waals surface area contributed by atoms with Crippen LogP contribution in [0, 0.1) is 12.7 Å². The smallest absolute Gasteiger partial charge is 0.339 e. The molecule has 0 fully saturated rings. The van der Waals surface area contributed by atoms with Gasteiger partial charge < -0.3 is 5.32 Å². The molecule has 2 aromatic carbocycles. The molecule has 1 N–H and O–H groups in total. The molecule has 0 aliphatic heterocycles. The molecule has 0 radical (unpaired) electrons. The lowest BCUT2D eigenvalue weighted by atomic mass is 10.2. The highest BCUT2D eigenvalue weighted by molar-refractivity contribution is 5.77. The molecule has 28 heavy (non-hydrogen) atoms. The summed E-state index contributed by atoms with van der Waals surface area (Å²) in [4.78, 5) is 13.0. The zero-order valence-corrected chi connectivity index (χ0v) is 14.5. The van der Waals surface area contributed by atoms with E-state index in [0.29, 0.717) is 17.7 Å². The van der Waals surface area contributed by atoms with Crippen LogP contribution in [0.5, 0.6) is 0 Å². The summed E-state index contributed by atoms with van der Waals surface area (Å²) in [5, 5.41) is 2.78. The summed E-state index contributed by atoms with van der Waals surface area (Å²) in [6.45, 7) is 1.83. The molecule has 9 heteroatoms. The van der Waals surface area contributed by atoms with Crippen LogP contribution < -0.4 is 5.32 Å². The molecule has 2 heterocycles. The number of benzene rings is 2. The number of para-hydroxylation sites is 2. The lowest BCUT2D eigenvalue weighted by Gasteiger charge is -2.11. The number of aromatic nitrogens is 4. The van der Waals surface area contributed by atoms with E-state index in [1.807, 2.05) is 31.2 Å². The van der Waals surface area contributed by atoms with Gasteiger partial charge in [-0.25, -0.2) is 14.4 Å². The summed E-state index contributed by atoms with van der Waals surface area (Å²) in [5.41, 5.74) is 0.444. The van der Waals surface area contributed by atoms with Crippen molar-refractivity contribution < 1.29 is 17.6 Å². The number of imidazole rings is 1. The summed E-state index contributed by atoms with van der Waals surface area (Å²) in [5.74, 6) is 0.0729. The van der Waals surface area contributed by atoms with Gasteiger partial charge in [-0.2, -0.15) is 13.2 Å². The summed E-state index contributed by atoms with van der Waals surface area (Å²) in [6.07, 6.45) is -1.81. The molecule has 0 atom stereocenters. The summed E-state index contributed by atoms with van der Waals surface area (Å²) >= 11 is 0. The lowest BCUT2D eigenvalue weighted by Crippen LogP contribution is -2.08. The Hall–Kier alpha value is -3.49. The predicted octanol–water partition coefficient (Wildman–Crippen LogP) is 5.03. The van der Waals surface area contributed by atoms with Crippen molar-refractivity contribution in [2.24, 2.45) is 0 Å². The van der Waals surface area contributed by atoms with Gasteiger partial charge in [0.15, 0.2) is 11.6 Å². The van der Waals surface area contributed by atoms with Gasteiger partial charge in [0, 0.05) is 5.69 Å². The quantitative estimate of drug-likeness (QED) is 0.501. The maximum Gasteiger partial charge on any atom is 0.419 e. The van der Waals surface area contributed by atoms with Gasteiger partial charge in [0.05, 0.1) is 29.0 Å². The maximum absolute atomic E-state index is 13.8. The van der Waals surface area contributed by atoms with Gasteiger partial charge in [-0.05, 0) is 37.3 Å². The number of nitrogens with one attached hydrogen (secondary N) is 1. The second-order valence-electron chi connectivity index (χ2n) is 6.06. The molecule has 0 saturated heterocycles. The summed E-state index contributed by atoms with van der Waals surface area (Å²) in [6, 6.07) is 10.1. The number of rotatable bonds is 3. The zero-order chi connectivity index (χ0) is 19.9. The molecule has 0 aliphatic carbocycles. The first-order valence-corrected chi connectivity index (χ1v) is 8.23. The Balaban J connectivity index is 1.68. The van der Waals surface area contributed by atoms with Gasteiger partial charge >= 0.3 is 6.18 Å². The first kappa shape index (κ1) is 17.9. The van der Waals surface area contributed by atoms with Gasteiger partial charge in [-0.3, -0.25) is 9.55 Å². The van der Waals surface area contributed by atoms with Crippen molar-refractivity contribution in [2.45, 2.75) is 13.1 Å². The largest absolute Gasteiger partial charge is 0.419 e. The minimum Gasteiger partial charge on any atom is -0.339 e. The number of nitrogens with zero attached hydrogens (tertiary/aromatic N) is 4. The van der Waals surface area contributed by atoms with E-state index in [1.165, 1.54) is 6.20 Å². The van der Waals surface area contributed by atoms with E-state index >= 15 is 0 Å². The van der Waals surface area contributed by atoms with Crippen LogP contribution in [-0.2, 0) is 6.18 Å². The molecule has 0 unspecified atom stereocenters.